The van der Waals surface area contributed by atoms with Crippen molar-refractivity contribution >= 4 is 51.7 Å². The lowest BCUT2D eigenvalue weighted by Crippen LogP contribution is -2.45. The molecule has 0 spiro atoms. The zero-order valence-corrected chi connectivity index (χ0v) is 22.2. The van der Waals surface area contributed by atoms with Crippen molar-refractivity contribution in [2.75, 3.05) is 25.0 Å². The number of urea groups is 1. The molecule has 3 aromatic carbocycles. The van der Waals surface area contributed by atoms with Crippen LogP contribution in [0.25, 0.3) is 10.9 Å². The Hall–Kier alpha value is -3.48. The standard InChI is InChI=1S/C29H30Cl2N4O2/c1-2-16-35(29(37)33-28-24(30)12-8-13-25(28)31)20-27(36)34(19-21-9-4-3-5-10-21)17-15-22-18-32-26-14-7-6-11-23(22)26/h3-14,18,32H,2,15-17,19-20H2,1H3,(H,33,37). The fourth-order valence-corrected chi connectivity index (χ4v) is 4.77. The molecule has 0 bridgehead atoms. The first-order valence-corrected chi connectivity index (χ1v) is 13.1. The average molecular weight is 537 g/mol. The molecule has 0 aliphatic heterocycles. The highest BCUT2D eigenvalue weighted by molar-refractivity contribution is 6.39. The van der Waals surface area contributed by atoms with Crippen LogP contribution in [0.15, 0.2) is 79.0 Å². The Bertz CT molecular complexity index is 1340. The molecule has 0 aliphatic rings. The van der Waals surface area contributed by atoms with Gasteiger partial charge in [-0.1, -0.05) is 84.7 Å². The number of benzene rings is 3. The molecule has 4 rings (SSSR count). The van der Waals surface area contributed by atoms with Crippen molar-refractivity contribution in [3.8, 4) is 0 Å². The molecule has 0 aliphatic carbocycles. The van der Waals surface area contributed by atoms with Crippen molar-refractivity contribution in [2.45, 2.75) is 26.3 Å². The lowest BCUT2D eigenvalue weighted by Gasteiger charge is -2.28. The van der Waals surface area contributed by atoms with Crippen LogP contribution in [0.2, 0.25) is 10.0 Å². The van der Waals surface area contributed by atoms with E-state index in [2.05, 4.69) is 16.4 Å². The number of hydrogen-bond donors (Lipinski definition) is 2. The molecule has 0 fully saturated rings. The molecule has 8 heteroatoms. The Morgan fingerprint density at radius 3 is 2.30 bits per heavy atom. The van der Waals surface area contributed by atoms with Crippen molar-refractivity contribution in [2.24, 2.45) is 0 Å². The van der Waals surface area contributed by atoms with E-state index in [1.165, 1.54) is 4.90 Å². The number of rotatable bonds is 10. The van der Waals surface area contributed by atoms with Crippen LogP contribution in [-0.4, -0.2) is 46.4 Å². The predicted molar refractivity (Wildman–Crippen MR) is 151 cm³/mol. The summed E-state index contributed by atoms with van der Waals surface area (Å²) in [5, 5.41) is 4.61. The Balaban J connectivity index is 1.50. The molecule has 0 radical (unpaired) electrons. The van der Waals surface area contributed by atoms with Crippen molar-refractivity contribution in [1.82, 2.24) is 14.8 Å². The second kappa shape index (κ2) is 12.7. The van der Waals surface area contributed by atoms with E-state index in [0.717, 1.165) is 22.0 Å². The maximum atomic E-state index is 13.6. The van der Waals surface area contributed by atoms with Crippen molar-refractivity contribution < 1.29 is 9.59 Å². The van der Waals surface area contributed by atoms with Crippen LogP contribution in [0.4, 0.5) is 10.5 Å². The van der Waals surface area contributed by atoms with Crippen LogP contribution in [0, 0.1) is 0 Å². The molecule has 37 heavy (non-hydrogen) atoms. The zero-order chi connectivity index (χ0) is 26.2. The fraction of sp³-hybridized carbons (Fsp3) is 0.241. The highest BCUT2D eigenvalue weighted by atomic mass is 35.5. The van der Waals surface area contributed by atoms with Crippen LogP contribution in [0.3, 0.4) is 0 Å². The van der Waals surface area contributed by atoms with Gasteiger partial charge in [0.15, 0.2) is 0 Å². The summed E-state index contributed by atoms with van der Waals surface area (Å²) >= 11 is 12.5. The van der Waals surface area contributed by atoms with E-state index >= 15 is 0 Å². The summed E-state index contributed by atoms with van der Waals surface area (Å²) in [6.07, 6.45) is 3.39. The van der Waals surface area contributed by atoms with Gasteiger partial charge in [-0.3, -0.25) is 4.79 Å². The monoisotopic (exact) mass is 536 g/mol. The van der Waals surface area contributed by atoms with Gasteiger partial charge in [-0.2, -0.15) is 0 Å². The highest BCUT2D eigenvalue weighted by Crippen LogP contribution is 2.30. The van der Waals surface area contributed by atoms with Crippen LogP contribution >= 0.6 is 23.2 Å². The second-order valence-corrected chi connectivity index (χ2v) is 9.67. The fourth-order valence-electron chi connectivity index (χ4n) is 4.28. The number of nitrogens with zero attached hydrogens (tertiary/aromatic N) is 2. The molecule has 3 amide bonds. The Morgan fingerprint density at radius 2 is 1.57 bits per heavy atom. The van der Waals surface area contributed by atoms with E-state index in [4.69, 9.17) is 23.2 Å². The third-order valence-electron chi connectivity index (χ3n) is 6.20. The maximum Gasteiger partial charge on any atom is 0.322 e. The summed E-state index contributed by atoms with van der Waals surface area (Å²) in [6.45, 7) is 3.31. The first kappa shape index (κ1) is 26.6. The number of aromatic nitrogens is 1. The predicted octanol–water partition coefficient (Wildman–Crippen LogP) is 6.99. The third-order valence-corrected chi connectivity index (χ3v) is 6.83. The minimum atomic E-state index is -0.415. The number of amides is 3. The largest absolute Gasteiger partial charge is 0.361 e. The average Bonchev–Trinajstić information content (AvgIpc) is 3.32. The van der Waals surface area contributed by atoms with Gasteiger partial charge in [0.2, 0.25) is 5.91 Å². The van der Waals surface area contributed by atoms with Gasteiger partial charge in [0.05, 0.1) is 15.7 Å². The van der Waals surface area contributed by atoms with Crippen LogP contribution in [0.1, 0.15) is 24.5 Å². The summed E-state index contributed by atoms with van der Waals surface area (Å²) in [6, 6.07) is 22.6. The van der Waals surface area contributed by atoms with Crippen molar-refractivity contribution in [1.29, 1.82) is 0 Å². The SMILES string of the molecule is CCCN(CC(=O)N(CCc1c[nH]c2ccccc12)Cc1ccccc1)C(=O)Nc1c(Cl)cccc1Cl. The first-order valence-electron chi connectivity index (χ1n) is 12.3. The molecular formula is C29H30Cl2N4O2. The molecular weight excluding hydrogens is 507 g/mol. The smallest absolute Gasteiger partial charge is 0.322 e. The van der Waals surface area contributed by atoms with Crippen molar-refractivity contribution in [3.63, 3.8) is 0 Å². The number of halogens is 2. The number of aromatic amines is 1. The van der Waals surface area contributed by atoms with E-state index in [-0.39, 0.29) is 12.5 Å². The van der Waals surface area contributed by atoms with Gasteiger partial charge in [-0.15, -0.1) is 0 Å². The van der Waals surface area contributed by atoms with Gasteiger partial charge in [0.1, 0.15) is 6.54 Å². The highest BCUT2D eigenvalue weighted by Gasteiger charge is 2.23. The van der Waals surface area contributed by atoms with Gasteiger partial charge in [-0.05, 0) is 42.2 Å². The number of hydrogen-bond acceptors (Lipinski definition) is 2. The summed E-state index contributed by atoms with van der Waals surface area (Å²) in [7, 11) is 0. The van der Waals surface area contributed by atoms with Gasteiger partial charge in [0, 0.05) is 36.7 Å². The number of fused-ring (bicyclic) bond motifs is 1. The van der Waals surface area contributed by atoms with Gasteiger partial charge >= 0.3 is 6.03 Å². The summed E-state index contributed by atoms with van der Waals surface area (Å²) < 4.78 is 0. The number of anilines is 1. The number of nitrogens with one attached hydrogen (secondary N) is 2. The number of carbonyl (C=O) groups excluding carboxylic acids is 2. The lowest BCUT2D eigenvalue weighted by molar-refractivity contribution is -0.132. The quantitative estimate of drug-likeness (QED) is 0.229. The molecule has 1 heterocycles. The van der Waals surface area contributed by atoms with Gasteiger partial charge < -0.3 is 20.1 Å². The molecule has 4 aromatic rings. The van der Waals surface area contributed by atoms with E-state index in [1.54, 1.807) is 18.2 Å². The molecule has 192 valence electrons. The topological polar surface area (TPSA) is 68.4 Å². The molecule has 0 unspecified atom stereocenters. The van der Waals surface area contributed by atoms with Gasteiger partial charge in [-0.25, -0.2) is 4.79 Å². The Labute approximate surface area is 227 Å². The van der Waals surface area contributed by atoms with Crippen LogP contribution in [-0.2, 0) is 17.8 Å². The third kappa shape index (κ3) is 6.85. The molecule has 6 nitrogen and oxygen atoms in total. The maximum absolute atomic E-state index is 13.6. The second-order valence-electron chi connectivity index (χ2n) is 8.86. The lowest BCUT2D eigenvalue weighted by atomic mass is 10.1. The number of carbonyl (C=O) groups is 2. The number of para-hydroxylation sites is 2. The molecule has 0 saturated heterocycles. The molecule has 0 saturated carbocycles. The van der Waals surface area contributed by atoms with Crippen molar-refractivity contribution in [3.05, 3.63) is 100 Å². The first-order chi connectivity index (χ1) is 18.0. The molecule has 0 atom stereocenters. The molecule has 1 aromatic heterocycles. The molecule has 2 N–H and O–H groups in total. The summed E-state index contributed by atoms with van der Waals surface area (Å²) in [5.74, 6) is -0.127. The Morgan fingerprint density at radius 1 is 0.865 bits per heavy atom. The summed E-state index contributed by atoms with van der Waals surface area (Å²) in [5.41, 5.74) is 3.59. The minimum Gasteiger partial charge on any atom is -0.361 e. The van der Waals surface area contributed by atoms with E-state index < -0.39 is 6.03 Å². The van der Waals surface area contributed by atoms with E-state index in [0.29, 0.717) is 48.2 Å². The number of H-pyrrole nitrogens is 1. The van der Waals surface area contributed by atoms with E-state index in [1.807, 2.05) is 66.6 Å². The van der Waals surface area contributed by atoms with Crippen LogP contribution < -0.4 is 5.32 Å². The summed E-state index contributed by atoms with van der Waals surface area (Å²) in [4.78, 5) is 33.3. The van der Waals surface area contributed by atoms with Crippen LogP contribution in [0.5, 0.6) is 0 Å². The van der Waals surface area contributed by atoms with Gasteiger partial charge in [0.25, 0.3) is 0 Å². The Kier molecular flexibility index (Phi) is 9.09. The minimum absolute atomic E-state index is 0.0531. The van der Waals surface area contributed by atoms with E-state index in [9.17, 15) is 9.59 Å². The zero-order valence-electron chi connectivity index (χ0n) is 20.7. The normalized spacial score (nSPS) is 10.9.